The normalized spacial score (nSPS) is 10.9. The first-order chi connectivity index (χ1) is 8.22. The van der Waals surface area contributed by atoms with E-state index in [-0.39, 0.29) is 5.69 Å². The molecule has 0 bridgehead atoms. The highest BCUT2D eigenvalue weighted by atomic mass is 16.1. The van der Waals surface area contributed by atoms with E-state index in [4.69, 9.17) is 0 Å². The Labute approximate surface area is 97.3 Å². The molecule has 0 amide bonds. The Morgan fingerprint density at radius 1 is 1.00 bits per heavy atom. The molecule has 2 N–H and O–H groups in total. The van der Waals surface area contributed by atoms with E-state index in [1.54, 1.807) is 0 Å². The maximum Gasteiger partial charge on any atom is 0.323 e. The van der Waals surface area contributed by atoms with Crippen LogP contribution in [0.25, 0.3) is 22.2 Å². The van der Waals surface area contributed by atoms with Crippen molar-refractivity contribution in [3.63, 3.8) is 0 Å². The van der Waals surface area contributed by atoms with Crippen molar-refractivity contribution >= 4 is 11.0 Å². The Morgan fingerprint density at radius 3 is 2.53 bits per heavy atom. The van der Waals surface area contributed by atoms with Crippen LogP contribution < -0.4 is 5.69 Å². The van der Waals surface area contributed by atoms with Crippen LogP contribution in [0.15, 0.2) is 41.3 Å². The Hall–Kier alpha value is -2.36. The van der Waals surface area contributed by atoms with Crippen LogP contribution in [0.3, 0.4) is 0 Å². The van der Waals surface area contributed by atoms with Crippen molar-refractivity contribution in [2.45, 2.75) is 6.92 Å². The summed E-state index contributed by atoms with van der Waals surface area (Å²) in [6.07, 6.45) is 1.83. The van der Waals surface area contributed by atoms with E-state index in [0.717, 1.165) is 27.9 Å². The number of nitrogens with one attached hydrogen (secondary N) is 2. The number of benzene rings is 1. The SMILES string of the molecule is Cc1ccc(-c2ccc3[nH]c(=O)[nH]c3c2)cn1. The van der Waals surface area contributed by atoms with E-state index in [2.05, 4.69) is 15.0 Å². The number of aryl methyl sites for hydroxylation is 1. The summed E-state index contributed by atoms with van der Waals surface area (Å²) in [5.41, 5.74) is 4.52. The summed E-state index contributed by atoms with van der Waals surface area (Å²) in [4.78, 5) is 20.9. The number of fused-ring (bicyclic) bond motifs is 1. The van der Waals surface area contributed by atoms with Gasteiger partial charge in [0.05, 0.1) is 11.0 Å². The molecule has 0 fully saturated rings. The van der Waals surface area contributed by atoms with Gasteiger partial charge in [-0.15, -0.1) is 0 Å². The molecule has 0 atom stereocenters. The minimum Gasteiger partial charge on any atom is -0.306 e. The molecule has 0 unspecified atom stereocenters. The highest BCUT2D eigenvalue weighted by Crippen LogP contribution is 2.21. The molecule has 84 valence electrons. The lowest BCUT2D eigenvalue weighted by Crippen LogP contribution is -1.99. The number of pyridine rings is 1. The van der Waals surface area contributed by atoms with E-state index in [0.29, 0.717) is 0 Å². The van der Waals surface area contributed by atoms with Crippen LogP contribution in [0.4, 0.5) is 0 Å². The second-order valence-corrected chi connectivity index (χ2v) is 4.03. The average molecular weight is 225 g/mol. The van der Waals surface area contributed by atoms with Crippen molar-refractivity contribution in [1.29, 1.82) is 0 Å². The smallest absolute Gasteiger partial charge is 0.306 e. The van der Waals surface area contributed by atoms with Gasteiger partial charge in [-0.05, 0) is 30.7 Å². The lowest BCUT2D eigenvalue weighted by atomic mass is 10.1. The number of hydrogen-bond acceptors (Lipinski definition) is 2. The number of aromatic nitrogens is 3. The number of aromatic amines is 2. The second kappa shape index (κ2) is 3.59. The lowest BCUT2D eigenvalue weighted by molar-refractivity contribution is 1.20. The van der Waals surface area contributed by atoms with Gasteiger partial charge < -0.3 is 9.97 Å². The van der Waals surface area contributed by atoms with E-state index in [1.165, 1.54) is 0 Å². The molecule has 3 rings (SSSR count). The van der Waals surface area contributed by atoms with Gasteiger partial charge in [0.2, 0.25) is 0 Å². The van der Waals surface area contributed by atoms with Gasteiger partial charge in [0.1, 0.15) is 0 Å². The highest BCUT2D eigenvalue weighted by molar-refractivity contribution is 5.81. The number of H-pyrrole nitrogens is 2. The van der Waals surface area contributed by atoms with Gasteiger partial charge in [-0.2, -0.15) is 0 Å². The van der Waals surface area contributed by atoms with Crippen LogP contribution in [0.1, 0.15) is 5.69 Å². The third-order valence-electron chi connectivity index (χ3n) is 2.76. The van der Waals surface area contributed by atoms with Crippen LogP contribution in [0, 0.1) is 6.92 Å². The average Bonchev–Trinajstić information content (AvgIpc) is 2.69. The molecule has 0 aliphatic carbocycles. The lowest BCUT2D eigenvalue weighted by Gasteiger charge is -2.01. The molecule has 1 aromatic carbocycles. The maximum atomic E-state index is 11.2. The first kappa shape index (κ1) is 9.84. The van der Waals surface area contributed by atoms with Crippen molar-refractivity contribution in [3.05, 3.63) is 52.7 Å². The van der Waals surface area contributed by atoms with Crippen molar-refractivity contribution in [2.75, 3.05) is 0 Å². The molecule has 0 spiro atoms. The van der Waals surface area contributed by atoms with Crippen molar-refractivity contribution in [3.8, 4) is 11.1 Å². The van der Waals surface area contributed by atoms with Crippen LogP contribution in [-0.4, -0.2) is 15.0 Å². The Morgan fingerprint density at radius 2 is 1.76 bits per heavy atom. The first-order valence-electron chi connectivity index (χ1n) is 5.37. The van der Waals surface area contributed by atoms with Gasteiger partial charge in [0.25, 0.3) is 0 Å². The topological polar surface area (TPSA) is 61.5 Å². The monoisotopic (exact) mass is 225 g/mol. The molecular formula is C13H11N3O. The fraction of sp³-hybridized carbons (Fsp3) is 0.0769. The van der Waals surface area contributed by atoms with Crippen molar-refractivity contribution in [2.24, 2.45) is 0 Å². The standard InChI is InChI=1S/C13H11N3O/c1-8-2-3-10(7-14-8)9-4-5-11-12(6-9)16-13(17)15-11/h2-7H,1H3,(H2,15,16,17). The predicted octanol–water partition coefficient (Wildman–Crippen LogP) is 2.23. The molecule has 4 nitrogen and oxygen atoms in total. The quantitative estimate of drug-likeness (QED) is 0.667. The van der Waals surface area contributed by atoms with Crippen molar-refractivity contribution in [1.82, 2.24) is 15.0 Å². The van der Waals surface area contributed by atoms with Gasteiger partial charge in [0, 0.05) is 17.5 Å². The molecule has 17 heavy (non-hydrogen) atoms. The van der Waals surface area contributed by atoms with E-state index < -0.39 is 0 Å². The summed E-state index contributed by atoms with van der Waals surface area (Å²) >= 11 is 0. The minimum atomic E-state index is -0.181. The third kappa shape index (κ3) is 1.73. The first-order valence-corrected chi connectivity index (χ1v) is 5.37. The van der Waals surface area contributed by atoms with Gasteiger partial charge in [-0.3, -0.25) is 4.98 Å². The predicted molar refractivity (Wildman–Crippen MR) is 66.9 cm³/mol. The fourth-order valence-electron chi connectivity index (χ4n) is 1.85. The van der Waals surface area contributed by atoms with Gasteiger partial charge >= 0.3 is 5.69 Å². The molecule has 0 saturated heterocycles. The summed E-state index contributed by atoms with van der Waals surface area (Å²) in [5, 5.41) is 0. The summed E-state index contributed by atoms with van der Waals surface area (Å²) in [7, 11) is 0. The summed E-state index contributed by atoms with van der Waals surface area (Å²) < 4.78 is 0. The number of nitrogens with zero attached hydrogens (tertiary/aromatic N) is 1. The van der Waals surface area contributed by atoms with Crippen LogP contribution >= 0.6 is 0 Å². The molecule has 2 heterocycles. The molecule has 0 aliphatic heterocycles. The third-order valence-corrected chi connectivity index (χ3v) is 2.76. The molecule has 0 aliphatic rings. The fourth-order valence-corrected chi connectivity index (χ4v) is 1.85. The van der Waals surface area contributed by atoms with Gasteiger partial charge in [-0.1, -0.05) is 12.1 Å². The molecule has 0 saturated carbocycles. The Kier molecular flexibility index (Phi) is 2.08. The van der Waals surface area contributed by atoms with E-state index in [1.807, 2.05) is 43.5 Å². The number of imidazole rings is 1. The molecule has 2 aromatic heterocycles. The number of rotatable bonds is 1. The minimum absolute atomic E-state index is 0.181. The van der Waals surface area contributed by atoms with Crippen LogP contribution in [0.5, 0.6) is 0 Å². The zero-order valence-corrected chi connectivity index (χ0v) is 9.32. The van der Waals surface area contributed by atoms with E-state index in [9.17, 15) is 4.79 Å². The number of hydrogen-bond donors (Lipinski definition) is 2. The zero-order valence-electron chi connectivity index (χ0n) is 9.32. The maximum absolute atomic E-state index is 11.2. The molecule has 3 aromatic rings. The summed E-state index contributed by atoms with van der Waals surface area (Å²) in [6.45, 7) is 1.95. The largest absolute Gasteiger partial charge is 0.323 e. The van der Waals surface area contributed by atoms with Crippen molar-refractivity contribution < 1.29 is 0 Å². The van der Waals surface area contributed by atoms with Crippen LogP contribution in [0.2, 0.25) is 0 Å². The molecule has 4 heteroatoms. The van der Waals surface area contributed by atoms with Gasteiger partial charge in [-0.25, -0.2) is 4.79 Å². The molecular weight excluding hydrogens is 214 g/mol. The summed E-state index contributed by atoms with van der Waals surface area (Å²) in [6, 6.07) is 9.80. The highest BCUT2D eigenvalue weighted by Gasteiger charge is 2.02. The van der Waals surface area contributed by atoms with Gasteiger partial charge in [0.15, 0.2) is 0 Å². The van der Waals surface area contributed by atoms with E-state index >= 15 is 0 Å². The zero-order chi connectivity index (χ0) is 11.8. The second-order valence-electron chi connectivity index (χ2n) is 4.03. The Balaban J connectivity index is 2.17. The molecule has 0 radical (unpaired) electrons. The summed E-state index contributed by atoms with van der Waals surface area (Å²) in [5.74, 6) is 0. The Bertz CT molecular complexity index is 722. The van der Waals surface area contributed by atoms with Crippen LogP contribution in [-0.2, 0) is 0 Å².